The van der Waals surface area contributed by atoms with Gasteiger partial charge in [0.15, 0.2) is 5.13 Å². The van der Waals surface area contributed by atoms with Crippen LogP contribution in [0.1, 0.15) is 19.3 Å². The fraction of sp³-hybridized carbons (Fsp3) is 0.423. The smallest absolute Gasteiger partial charge is 0.229 e. The predicted molar refractivity (Wildman–Crippen MR) is 137 cm³/mol. The van der Waals surface area contributed by atoms with Crippen LogP contribution in [0.25, 0.3) is 10.2 Å². The molecule has 35 heavy (non-hydrogen) atoms. The minimum atomic E-state index is -0.219. The number of morpholine rings is 1. The lowest BCUT2D eigenvalue weighted by Crippen LogP contribution is -2.44. The SMILES string of the molecule is O=C(Nc1ccc2nc(N3CCOCC3)sc2c1)C1CCCN(C(=O)CCOc2ccccc2)C1. The van der Waals surface area contributed by atoms with Gasteiger partial charge < -0.3 is 24.6 Å². The van der Waals surface area contributed by atoms with E-state index >= 15 is 0 Å². The van der Waals surface area contributed by atoms with Crippen LogP contribution >= 0.6 is 11.3 Å². The van der Waals surface area contributed by atoms with E-state index in [1.165, 1.54) is 0 Å². The van der Waals surface area contributed by atoms with Crippen LogP contribution in [0.4, 0.5) is 10.8 Å². The molecule has 0 radical (unpaired) electrons. The number of anilines is 2. The number of thiazole rings is 1. The summed E-state index contributed by atoms with van der Waals surface area (Å²) in [7, 11) is 0. The molecule has 2 aliphatic rings. The van der Waals surface area contributed by atoms with Crippen LogP contribution in [-0.4, -0.2) is 67.7 Å². The van der Waals surface area contributed by atoms with Crippen LogP contribution in [-0.2, 0) is 14.3 Å². The van der Waals surface area contributed by atoms with E-state index in [9.17, 15) is 9.59 Å². The number of nitrogens with one attached hydrogen (secondary N) is 1. The molecule has 184 valence electrons. The van der Waals surface area contributed by atoms with Gasteiger partial charge in [0.05, 0.1) is 42.4 Å². The molecular formula is C26H30N4O4S. The number of carbonyl (C=O) groups excluding carboxylic acids is 2. The molecule has 1 aromatic heterocycles. The largest absolute Gasteiger partial charge is 0.493 e. The molecule has 1 unspecified atom stereocenters. The number of likely N-dealkylation sites (tertiary alicyclic amines) is 1. The standard InChI is InChI=1S/C26H30N4O4S/c31-24(10-14-34-21-6-2-1-3-7-21)30-11-4-5-19(18-30)25(32)27-20-8-9-22-23(17-20)35-26(28-22)29-12-15-33-16-13-29/h1-3,6-9,17,19H,4-5,10-16,18H2,(H,27,32). The van der Waals surface area contributed by atoms with Crippen LogP contribution in [0.2, 0.25) is 0 Å². The van der Waals surface area contributed by atoms with Gasteiger partial charge in [-0.2, -0.15) is 0 Å². The summed E-state index contributed by atoms with van der Waals surface area (Å²) in [6.07, 6.45) is 1.90. The van der Waals surface area contributed by atoms with Crippen molar-refractivity contribution < 1.29 is 19.1 Å². The third kappa shape index (κ3) is 5.91. The summed E-state index contributed by atoms with van der Waals surface area (Å²) in [4.78, 5) is 34.5. The molecule has 2 saturated heterocycles. The van der Waals surface area contributed by atoms with Crippen LogP contribution in [0.15, 0.2) is 48.5 Å². The maximum Gasteiger partial charge on any atom is 0.229 e. The molecule has 9 heteroatoms. The molecule has 3 heterocycles. The summed E-state index contributed by atoms with van der Waals surface area (Å²) in [5.74, 6) is 0.524. The van der Waals surface area contributed by atoms with Crippen molar-refractivity contribution >= 4 is 44.2 Å². The Morgan fingerprint density at radius 2 is 1.94 bits per heavy atom. The van der Waals surface area contributed by atoms with Gasteiger partial charge in [-0.15, -0.1) is 0 Å². The average Bonchev–Trinajstić information content (AvgIpc) is 3.33. The summed E-state index contributed by atoms with van der Waals surface area (Å²) in [6, 6.07) is 15.3. The van der Waals surface area contributed by atoms with E-state index in [0.717, 1.165) is 65.9 Å². The molecule has 1 N–H and O–H groups in total. The Morgan fingerprint density at radius 1 is 1.11 bits per heavy atom. The Balaban J connectivity index is 1.15. The second-order valence-corrected chi connectivity index (χ2v) is 9.87. The van der Waals surface area contributed by atoms with Gasteiger partial charge in [0.2, 0.25) is 11.8 Å². The van der Waals surface area contributed by atoms with Crippen molar-refractivity contribution in [2.24, 2.45) is 5.92 Å². The van der Waals surface area contributed by atoms with Gasteiger partial charge >= 0.3 is 0 Å². The van der Waals surface area contributed by atoms with E-state index in [-0.39, 0.29) is 17.7 Å². The van der Waals surface area contributed by atoms with Gasteiger partial charge in [0.1, 0.15) is 5.75 Å². The summed E-state index contributed by atoms with van der Waals surface area (Å²) >= 11 is 1.63. The zero-order valence-electron chi connectivity index (χ0n) is 19.7. The highest BCUT2D eigenvalue weighted by molar-refractivity contribution is 7.22. The van der Waals surface area contributed by atoms with E-state index < -0.39 is 0 Å². The first-order chi connectivity index (χ1) is 17.2. The van der Waals surface area contributed by atoms with Crippen LogP contribution in [0.5, 0.6) is 5.75 Å². The molecule has 0 aliphatic carbocycles. The number of hydrogen-bond donors (Lipinski definition) is 1. The van der Waals surface area contributed by atoms with Crippen molar-refractivity contribution in [2.45, 2.75) is 19.3 Å². The Hall–Kier alpha value is -3.17. The number of rotatable bonds is 7. The number of para-hydroxylation sites is 1. The highest BCUT2D eigenvalue weighted by atomic mass is 32.1. The first-order valence-electron chi connectivity index (χ1n) is 12.2. The summed E-state index contributed by atoms with van der Waals surface area (Å²) < 4.78 is 12.1. The van der Waals surface area contributed by atoms with E-state index in [2.05, 4.69) is 10.2 Å². The van der Waals surface area contributed by atoms with Crippen molar-refractivity contribution in [1.82, 2.24) is 9.88 Å². The van der Waals surface area contributed by atoms with E-state index in [0.29, 0.717) is 26.1 Å². The summed E-state index contributed by atoms with van der Waals surface area (Å²) in [6.45, 7) is 4.59. The first kappa shape index (κ1) is 23.6. The number of benzene rings is 2. The van der Waals surface area contributed by atoms with E-state index in [4.69, 9.17) is 14.5 Å². The number of carbonyl (C=O) groups is 2. The number of aromatic nitrogens is 1. The Labute approximate surface area is 208 Å². The van der Waals surface area contributed by atoms with Crippen molar-refractivity contribution in [1.29, 1.82) is 0 Å². The second-order valence-electron chi connectivity index (χ2n) is 8.86. The second kappa shape index (κ2) is 11.0. The Kier molecular flexibility index (Phi) is 7.44. The van der Waals surface area contributed by atoms with E-state index in [1.807, 2.05) is 48.5 Å². The monoisotopic (exact) mass is 494 g/mol. The molecule has 2 amide bonds. The van der Waals surface area contributed by atoms with Crippen LogP contribution in [0.3, 0.4) is 0 Å². The van der Waals surface area contributed by atoms with Gasteiger partial charge in [-0.05, 0) is 43.2 Å². The van der Waals surface area contributed by atoms with Gasteiger partial charge in [-0.1, -0.05) is 29.5 Å². The number of piperidine rings is 1. The maximum absolute atomic E-state index is 13.0. The minimum absolute atomic E-state index is 0.0279. The van der Waals surface area contributed by atoms with Gasteiger partial charge in [0, 0.05) is 31.9 Å². The number of nitrogens with zero attached hydrogens (tertiary/aromatic N) is 3. The van der Waals surface area contributed by atoms with Crippen molar-refractivity contribution in [3.8, 4) is 5.75 Å². The zero-order valence-corrected chi connectivity index (χ0v) is 20.5. The molecule has 1 atom stereocenters. The number of ether oxygens (including phenoxy) is 2. The third-order valence-corrected chi connectivity index (χ3v) is 7.48. The molecule has 0 bridgehead atoms. The molecular weight excluding hydrogens is 464 g/mol. The predicted octanol–water partition coefficient (Wildman–Crippen LogP) is 3.78. The van der Waals surface area contributed by atoms with Gasteiger partial charge in [-0.25, -0.2) is 4.98 Å². The lowest BCUT2D eigenvalue weighted by Gasteiger charge is -2.32. The molecule has 5 rings (SSSR count). The lowest BCUT2D eigenvalue weighted by atomic mass is 9.96. The molecule has 3 aromatic rings. The zero-order chi connectivity index (χ0) is 24.0. The highest BCUT2D eigenvalue weighted by Gasteiger charge is 2.28. The van der Waals surface area contributed by atoms with Crippen LogP contribution < -0.4 is 15.0 Å². The topological polar surface area (TPSA) is 84.0 Å². The number of fused-ring (bicyclic) bond motifs is 1. The number of hydrogen-bond acceptors (Lipinski definition) is 7. The number of amides is 2. The fourth-order valence-corrected chi connectivity index (χ4v) is 5.53. The van der Waals surface area contributed by atoms with E-state index in [1.54, 1.807) is 16.2 Å². The Bertz CT molecular complexity index is 1160. The summed E-state index contributed by atoms with van der Waals surface area (Å²) in [5.41, 5.74) is 1.70. The third-order valence-electron chi connectivity index (χ3n) is 6.40. The fourth-order valence-electron chi connectivity index (χ4n) is 4.47. The molecule has 2 aliphatic heterocycles. The van der Waals surface area contributed by atoms with Crippen molar-refractivity contribution in [3.63, 3.8) is 0 Å². The quantitative estimate of drug-likeness (QED) is 0.538. The van der Waals surface area contributed by atoms with Crippen molar-refractivity contribution in [3.05, 3.63) is 48.5 Å². The first-order valence-corrected chi connectivity index (χ1v) is 13.0. The molecule has 8 nitrogen and oxygen atoms in total. The molecule has 0 saturated carbocycles. The van der Waals surface area contributed by atoms with Crippen LogP contribution in [0, 0.1) is 5.92 Å². The average molecular weight is 495 g/mol. The minimum Gasteiger partial charge on any atom is -0.493 e. The van der Waals surface area contributed by atoms with Crippen molar-refractivity contribution in [2.75, 3.05) is 56.2 Å². The molecule has 0 spiro atoms. The normalized spacial score (nSPS) is 18.5. The highest BCUT2D eigenvalue weighted by Crippen LogP contribution is 2.31. The van der Waals surface area contributed by atoms with Gasteiger partial charge in [-0.3, -0.25) is 9.59 Å². The van der Waals surface area contributed by atoms with Gasteiger partial charge in [0.25, 0.3) is 0 Å². The maximum atomic E-state index is 13.0. The Morgan fingerprint density at radius 3 is 2.77 bits per heavy atom. The molecule has 2 fully saturated rings. The lowest BCUT2D eigenvalue weighted by molar-refractivity contribution is -0.135. The summed E-state index contributed by atoms with van der Waals surface area (Å²) in [5, 5.41) is 4.05. The molecule has 2 aromatic carbocycles.